The van der Waals surface area contributed by atoms with Crippen molar-refractivity contribution in [3.8, 4) is 0 Å². The molecule has 2 heterocycles. The first-order valence-electron chi connectivity index (χ1n) is 9.00. The summed E-state index contributed by atoms with van der Waals surface area (Å²) >= 11 is 0. The van der Waals surface area contributed by atoms with E-state index in [-0.39, 0.29) is 5.92 Å². The van der Waals surface area contributed by atoms with Gasteiger partial charge in [0.25, 0.3) is 0 Å². The van der Waals surface area contributed by atoms with Crippen LogP contribution >= 0.6 is 0 Å². The van der Waals surface area contributed by atoms with Gasteiger partial charge in [0.2, 0.25) is 11.8 Å². The monoisotopic (exact) mass is 349 g/mol. The molecule has 0 atom stereocenters. The Morgan fingerprint density at radius 1 is 1.20 bits per heavy atom. The molecule has 1 aliphatic rings. The van der Waals surface area contributed by atoms with E-state index in [0.29, 0.717) is 36.2 Å². The Morgan fingerprint density at radius 3 is 2.60 bits per heavy atom. The summed E-state index contributed by atoms with van der Waals surface area (Å²) in [5, 5.41) is 8.18. The van der Waals surface area contributed by atoms with Crippen molar-refractivity contribution in [3.05, 3.63) is 47.2 Å². The average molecular weight is 349 g/mol. The molecule has 1 saturated heterocycles. The summed E-state index contributed by atoms with van der Waals surface area (Å²) in [6.07, 6.45) is 3.76. The van der Waals surface area contributed by atoms with Crippen molar-refractivity contribution < 1.29 is 13.2 Å². The fraction of sp³-hybridized carbons (Fsp3) is 0.579. The fourth-order valence-electron chi connectivity index (χ4n) is 3.27. The van der Waals surface area contributed by atoms with Crippen LogP contribution in [0.5, 0.6) is 0 Å². The number of hydrogen-bond acceptors (Lipinski definition) is 4. The van der Waals surface area contributed by atoms with Gasteiger partial charge < -0.3 is 4.42 Å². The molecule has 0 bridgehead atoms. The first-order valence-corrected chi connectivity index (χ1v) is 9.00. The van der Waals surface area contributed by atoms with Gasteiger partial charge in [-0.05, 0) is 56.3 Å². The number of piperidine rings is 1. The SMILES string of the molecule is CC(C)c1nnc(CN2CCC(CCc3ccc(F)cc3F)CC2)o1. The molecule has 136 valence electrons. The lowest BCUT2D eigenvalue weighted by Crippen LogP contribution is -2.33. The summed E-state index contributed by atoms with van der Waals surface area (Å²) < 4.78 is 32.3. The number of likely N-dealkylation sites (tertiary alicyclic amines) is 1. The lowest BCUT2D eigenvalue weighted by molar-refractivity contribution is 0.158. The summed E-state index contributed by atoms with van der Waals surface area (Å²) in [5.41, 5.74) is 0.607. The summed E-state index contributed by atoms with van der Waals surface area (Å²) in [6, 6.07) is 3.85. The lowest BCUT2D eigenvalue weighted by atomic mass is 9.90. The number of hydrogen-bond donors (Lipinski definition) is 0. The van der Waals surface area contributed by atoms with Gasteiger partial charge in [0.15, 0.2) is 0 Å². The largest absolute Gasteiger partial charge is 0.424 e. The Hall–Kier alpha value is -1.82. The second kappa shape index (κ2) is 8.04. The quantitative estimate of drug-likeness (QED) is 0.779. The van der Waals surface area contributed by atoms with Crippen LogP contribution in [0.3, 0.4) is 0 Å². The van der Waals surface area contributed by atoms with Gasteiger partial charge in [0, 0.05) is 12.0 Å². The van der Waals surface area contributed by atoms with Crippen LogP contribution in [0.1, 0.15) is 56.4 Å². The molecule has 2 aromatic rings. The fourth-order valence-corrected chi connectivity index (χ4v) is 3.27. The summed E-state index contributed by atoms with van der Waals surface area (Å²) in [4.78, 5) is 2.33. The van der Waals surface area contributed by atoms with Gasteiger partial charge in [0.1, 0.15) is 11.6 Å². The van der Waals surface area contributed by atoms with Crippen molar-refractivity contribution >= 4 is 0 Å². The van der Waals surface area contributed by atoms with Gasteiger partial charge in [-0.2, -0.15) is 0 Å². The van der Waals surface area contributed by atoms with Crippen LogP contribution in [0.2, 0.25) is 0 Å². The maximum absolute atomic E-state index is 13.7. The first-order chi connectivity index (χ1) is 12.0. The van der Waals surface area contributed by atoms with Crippen molar-refractivity contribution in [3.63, 3.8) is 0 Å². The number of halogens is 2. The van der Waals surface area contributed by atoms with Crippen LogP contribution in [0.15, 0.2) is 22.6 Å². The molecule has 0 N–H and O–H groups in total. The van der Waals surface area contributed by atoms with Gasteiger partial charge in [-0.1, -0.05) is 19.9 Å². The molecule has 6 heteroatoms. The van der Waals surface area contributed by atoms with Crippen molar-refractivity contribution in [2.75, 3.05) is 13.1 Å². The zero-order chi connectivity index (χ0) is 17.8. The molecule has 0 saturated carbocycles. The zero-order valence-corrected chi connectivity index (χ0v) is 14.8. The molecule has 1 aromatic heterocycles. The minimum absolute atomic E-state index is 0.249. The Bertz CT molecular complexity index is 694. The second-order valence-corrected chi connectivity index (χ2v) is 7.18. The van der Waals surface area contributed by atoms with Gasteiger partial charge in [-0.25, -0.2) is 8.78 Å². The van der Waals surface area contributed by atoms with E-state index in [1.54, 1.807) is 6.07 Å². The Morgan fingerprint density at radius 2 is 1.96 bits per heavy atom. The highest BCUT2D eigenvalue weighted by molar-refractivity contribution is 5.18. The number of aryl methyl sites for hydroxylation is 1. The van der Waals surface area contributed by atoms with Crippen LogP contribution in [0.4, 0.5) is 8.78 Å². The van der Waals surface area contributed by atoms with Gasteiger partial charge in [-0.3, -0.25) is 4.90 Å². The van der Waals surface area contributed by atoms with E-state index in [9.17, 15) is 8.78 Å². The topological polar surface area (TPSA) is 42.2 Å². The van der Waals surface area contributed by atoms with Gasteiger partial charge in [-0.15, -0.1) is 10.2 Å². The van der Waals surface area contributed by atoms with E-state index in [1.165, 1.54) is 6.07 Å². The van der Waals surface area contributed by atoms with Crippen LogP contribution in [-0.2, 0) is 13.0 Å². The van der Waals surface area contributed by atoms with Crippen molar-refractivity contribution in [1.82, 2.24) is 15.1 Å². The smallest absolute Gasteiger partial charge is 0.230 e. The highest BCUT2D eigenvalue weighted by Crippen LogP contribution is 2.24. The van der Waals surface area contributed by atoms with Gasteiger partial charge in [0.05, 0.1) is 6.54 Å². The summed E-state index contributed by atoms with van der Waals surface area (Å²) in [5.74, 6) is 1.24. The molecule has 25 heavy (non-hydrogen) atoms. The van der Waals surface area contributed by atoms with E-state index in [2.05, 4.69) is 15.1 Å². The Balaban J connectivity index is 1.43. The molecule has 4 nitrogen and oxygen atoms in total. The minimum Gasteiger partial charge on any atom is -0.424 e. The molecular weight excluding hydrogens is 324 g/mol. The van der Waals surface area contributed by atoms with Crippen LogP contribution in [0.25, 0.3) is 0 Å². The van der Waals surface area contributed by atoms with Crippen LogP contribution in [0, 0.1) is 17.6 Å². The molecule has 0 unspecified atom stereocenters. The molecule has 0 amide bonds. The second-order valence-electron chi connectivity index (χ2n) is 7.18. The molecule has 0 spiro atoms. The molecule has 1 aliphatic heterocycles. The van der Waals surface area contributed by atoms with Crippen LogP contribution in [-0.4, -0.2) is 28.2 Å². The number of benzene rings is 1. The third-order valence-corrected chi connectivity index (χ3v) is 4.88. The number of rotatable bonds is 6. The number of aromatic nitrogens is 2. The zero-order valence-electron chi connectivity index (χ0n) is 14.8. The number of nitrogens with zero attached hydrogens (tertiary/aromatic N) is 3. The van der Waals surface area contributed by atoms with E-state index in [0.717, 1.165) is 38.4 Å². The first kappa shape index (κ1) is 18.0. The van der Waals surface area contributed by atoms with Gasteiger partial charge >= 0.3 is 0 Å². The molecule has 1 aromatic carbocycles. The lowest BCUT2D eigenvalue weighted by Gasteiger charge is -2.31. The highest BCUT2D eigenvalue weighted by atomic mass is 19.1. The Labute approximate surface area is 147 Å². The molecular formula is C19H25F2N3O. The highest BCUT2D eigenvalue weighted by Gasteiger charge is 2.21. The minimum atomic E-state index is -0.517. The predicted octanol–water partition coefficient (Wildman–Crippen LogP) is 4.32. The predicted molar refractivity (Wildman–Crippen MR) is 91.1 cm³/mol. The Kier molecular flexibility index (Phi) is 5.78. The molecule has 3 rings (SSSR count). The van der Waals surface area contributed by atoms with Crippen molar-refractivity contribution in [1.29, 1.82) is 0 Å². The van der Waals surface area contributed by atoms with E-state index in [1.807, 2.05) is 13.8 Å². The van der Waals surface area contributed by atoms with Crippen molar-refractivity contribution in [2.45, 2.75) is 52.0 Å². The third-order valence-electron chi connectivity index (χ3n) is 4.88. The molecule has 1 fully saturated rings. The normalized spacial score (nSPS) is 16.7. The summed E-state index contributed by atoms with van der Waals surface area (Å²) in [7, 11) is 0. The van der Waals surface area contributed by atoms with E-state index >= 15 is 0 Å². The van der Waals surface area contributed by atoms with E-state index < -0.39 is 11.6 Å². The maximum Gasteiger partial charge on any atom is 0.230 e. The summed E-state index contributed by atoms with van der Waals surface area (Å²) in [6.45, 7) is 6.73. The molecule has 0 radical (unpaired) electrons. The third kappa shape index (κ3) is 4.84. The van der Waals surface area contributed by atoms with Crippen molar-refractivity contribution in [2.24, 2.45) is 5.92 Å². The van der Waals surface area contributed by atoms with Crippen LogP contribution < -0.4 is 0 Å². The molecule has 0 aliphatic carbocycles. The average Bonchev–Trinajstić information content (AvgIpc) is 3.04. The van der Waals surface area contributed by atoms with E-state index in [4.69, 9.17) is 4.42 Å². The maximum atomic E-state index is 13.7. The standard InChI is InChI=1S/C19H25F2N3O/c1-13(2)19-23-22-18(25-19)12-24-9-7-14(8-10-24)3-4-15-5-6-16(20)11-17(15)21/h5-6,11,13-14H,3-4,7-10,12H2,1-2H3.